The molecule has 0 saturated carbocycles. The zero-order chi connectivity index (χ0) is 17.2. The monoisotopic (exact) mass is 336 g/mol. The van der Waals surface area contributed by atoms with Crippen LogP contribution in [0.2, 0.25) is 5.02 Å². The lowest BCUT2D eigenvalue weighted by atomic mass is 10.1. The van der Waals surface area contributed by atoms with E-state index in [9.17, 15) is 9.59 Å². The van der Waals surface area contributed by atoms with E-state index in [1.54, 1.807) is 30.3 Å². The Bertz CT molecular complexity index is 612. The van der Waals surface area contributed by atoms with E-state index < -0.39 is 18.1 Å². The molecule has 122 valence electrons. The van der Waals surface area contributed by atoms with Gasteiger partial charge in [0, 0.05) is 18.5 Å². The Balaban J connectivity index is 2.92. The topological polar surface area (TPSA) is 79.6 Å². The summed E-state index contributed by atoms with van der Waals surface area (Å²) in [5.41, 5.74) is 0.750. The molecule has 0 spiro atoms. The van der Waals surface area contributed by atoms with Crippen molar-refractivity contribution in [2.75, 3.05) is 20.3 Å². The maximum Gasteiger partial charge on any atom is 0.410 e. The van der Waals surface area contributed by atoms with Gasteiger partial charge in [-0.2, -0.15) is 5.26 Å². The average molecular weight is 337 g/mol. The van der Waals surface area contributed by atoms with Gasteiger partial charge in [-0.05, 0) is 17.7 Å². The Morgan fingerprint density at radius 3 is 2.83 bits per heavy atom. The van der Waals surface area contributed by atoms with Crippen molar-refractivity contribution < 1.29 is 19.1 Å². The first-order valence-corrected chi connectivity index (χ1v) is 7.16. The lowest BCUT2D eigenvalue weighted by Crippen LogP contribution is -2.45. The van der Waals surface area contributed by atoms with Crippen LogP contribution >= 0.6 is 11.6 Å². The van der Waals surface area contributed by atoms with E-state index in [2.05, 4.69) is 6.58 Å². The van der Waals surface area contributed by atoms with Crippen molar-refractivity contribution in [1.82, 2.24) is 4.90 Å². The van der Waals surface area contributed by atoms with Crippen LogP contribution in [0.5, 0.6) is 0 Å². The molecule has 0 heterocycles. The summed E-state index contributed by atoms with van der Waals surface area (Å²) in [6, 6.07) is 7.70. The average Bonchev–Trinajstić information content (AvgIpc) is 2.54. The van der Waals surface area contributed by atoms with Gasteiger partial charge in [-0.15, -0.1) is 0 Å². The van der Waals surface area contributed by atoms with E-state index in [-0.39, 0.29) is 19.6 Å². The van der Waals surface area contributed by atoms with Crippen LogP contribution in [-0.2, 0) is 20.7 Å². The molecule has 6 nitrogen and oxygen atoms in total. The minimum atomic E-state index is -0.931. The molecule has 1 atom stereocenters. The fourth-order valence-corrected chi connectivity index (χ4v) is 2.04. The van der Waals surface area contributed by atoms with Gasteiger partial charge >= 0.3 is 12.1 Å². The number of halogens is 1. The second-order valence-electron chi connectivity index (χ2n) is 4.59. The second kappa shape index (κ2) is 9.49. The number of carbonyl (C=O) groups excluding carboxylic acids is 2. The van der Waals surface area contributed by atoms with E-state index in [4.69, 9.17) is 26.3 Å². The molecule has 0 aliphatic rings. The normalized spacial score (nSPS) is 11.0. The molecule has 23 heavy (non-hydrogen) atoms. The third-order valence-electron chi connectivity index (χ3n) is 2.95. The first-order valence-electron chi connectivity index (χ1n) is 6.78. The maximum absolute atomic E-state index is 12.1. The zero-order valence-electron chi connectivity index (χ0n) is 12.7. The van der Waals surface area contributed by atoms with E-state index in [0.29, 0.717) is 5.02 Å². The number of rotatable bonds is 7. The number of amides is 1. The fraction of sp³-hybridized carbons (Fsp3) is 0.312. The molecule has 1 aromatic carbocycles. The van der Waals surface area contributed by atoms with Crippen LogP contribution in [-0.4, -0.2) is 43.3 Å². The van der Waals surface area contributed by atoms with Crippen molar-refractivity contribution in [3.63, 3.8) is 0 Å². The van der Waals surface area contributed by atoms with Gasteiger partial charge in [0.05, 0.1) is 0 Å². The molecule has 0 saturated heterocycles. The molecule has 0 N–H and O–H groups in total. The number of nitrogens with zero attached hydrogens (tertiary/aromatic N) is 2. The Labute approximate surface area is 139 Å². The summed E-state index contributed by atoms with van der Waals surface area (Å²) in [6.07, 6.45) is 0.918. The largest absolute Gasteiger partial charge is 0.449 e. The van der Waals surface area contributed by atoms with Gasteiger partial charge in [0.1, 0.15) is 18.7 Å². The Hall–Kier alpha value is -2.52. The highest BCUT2D eigenvalue weighted by Gasteiger charge is 2.29. The van der Waals surface area contributed by atoms with Crippen LogP contribution in [0.4, 0.5) is 4.79 Å². The quantitative estimate of drug-likeness (QED) is 0.564. The molecule has 0 aliphatic carbocycles. The van der Waals surface area contributed by atoms with Crippen LogP contribution in [0.3, 0.4) is 0 Å². The van der Waals surface area contributed by atoms with Crippen molar-refractivity contribution in [1.29, 1.82) is 5.26 Å². The number of ether oxygens (including phenoxy) is 2. The predicted molar refractivity (Wildman–Crippen MR) is 84.8 cm³/mol. The van der Waals surface area contributed by atoms with E-state index >= 15 is 0 Å². The molecule has 1 amide bonds. The van der Waals surface area contributed by atoms with Crippen molar-refractivity contribution in [2.45, 2.75) is 12.5 Å². The molecule has 0 aromatic heterocycles. The Morgan fingerprint density at radius 2 is 2.22 bits per heavy atom. The molecule has 1 aromatic rings. The molecule has 0 aliphatic heterocycles. The first-order chi connectivity index (χ1) is 11.0. The minimum Gasteiger partial charge on any atom is -0.449 e. The molecule has 1 rings (SSSR count). The van der Waals surface area contributed by atoms with E-state index in [1.165, 1.54) is 13.1 Å². The molecular weight excluding hydrogens is 320 g/mol. The summed E-state index contributed by atoms with van der Waals surface area (Å²) in [4.78, 5) is 25.2. The first kappa shape index (κ1) is 18.5. The summed E-state index contributed by atoms with van der Waals surface area (Å²) < 4.78 is 9.75. The number of hydrogen-bond donors (Lipinski definition) is 0. The number of carbonyl (C=O) groups is 2. The highest BCUT2D eigenvalue weighted by molar-refractivity contribution is 6.30. The van der Waals surface area contributed by atoms with Crippen LogP contribution in [0.25, 0.3) is 0 Å². The van der Waals surface area contributed by atoms with Gasteiger partial charge in [0.25, 0.3) is 0 Å². The molecule has 0 unspecified atom stereocenters. The maximum atomic E-state index is 12.1. The molecule has 0 bridgehead atoms. The smallest absolute Gasteiger partial charge is 0.410 e. The lowest BCUT2D eigenvalue weighted by molar-refractivity contribution is -0.147. The van der Waals surface area contributed by atoms with Gasteiger partial charge in [-0.25, -0.2) is 9.59 Å². The summed E-state index contributed by atoms with van der Waals surface area (Å²) in [5, 5.41) is 9.04. The third-order valence-corrected chi connectivity index (χ3v) is 3.18. The molecule has 7 heteroatoms. The molecule has 0 fully saturated rings. The number of esters is 1. The summed E-state index contributed by atoms with van der Waals surface area (Å²) in [7, 11) is 1.42. The van der Waals surface area contributed by atoms with Crippen molar-refractivity contribution >= 4 is 23.7 Å². The second-order valence-corrected chi connectivity index (χ2v) is 5.03. The number of nitriles is 1. The summed E-state index contributed by atoms with van der Waals surface area (Å²) in [5.74, 6) is -0.690. The van der Waals surface area contributed by atoms with Gasteiger partial charge in [-0.1, -0.05) is 36.4 Å². The van der Waals surface area contributed by atoms with Gasteiger partial charge in [-0.3, -0.25) is 4.90 Å². The van der Waals surface area contributed by atoms with Crippen molar-refractivity contribution in [3.05, 3.63) is 47.5 Å². The minimum absolute atomic E-state index is 0.0281. The highest BCUT2D eigenvalue weighted by Crippen LogP contribution is 2.15. The van der Waals surface area contributed by atoms with Gasteiger partial charge in [0.2, 0.25) is 0 Å². The summed E-state index contributed by atoms with van der Waals surface area (Å²) in [6.45, 7) is 3.09. The highest BCUT2D eigenvalue weighted by atomic mass is 35.5. The van der Waals surface area contributed by atoms with Gasteiger partial charge < -0.3 is 9.47 Å². The SMILES string of the molecule is C=CCOC(=O)N(C)[C@@H](Cc1cccc(Cl)c1)C(=O)OCC#N. The lowest BCUT2D eigenvalue weighted by Gasteiger charge is -2.25. The van der Waals surface area contributed by atoms with Crippen molar-refractivity contribution in [2.24, 2.45) is 0 Å². The van der Waals surface area contributed by atoms with E-state index in [0.717, 1.165) is 10.5 Å². The fourth-order valence-electron chi connectivity index (χ4n) is 1.82. The number of likely N-dealkylation sites (N-methyl/N-ethyl adjacent to an activating group) is 1. The number of hydrogen-bond acceptors (Lipinski definition) is 5. The Kier molecular flexibility index (Phi) is 7.64. The Morgan fingerprint density at radius 1 is 1.48 bits per heavy atom. The summed E-state index contributed by atoms with van der Waals surface area (Å²) >= 11 is 5.93. The third kappa shape index (κ3) is 6.01. The van der Waals surface area contributed by atoms with Crippen LogP contribution in [0.1, 0.15) is 5.56 Å². The van der Waals surface area contributed by atoms with Crippen LogP contribution in [0.15, 0.2) is 36.9 Å². The van der Waals surface area contributed by atoms with E-state index in [1.807, 2.05) is 0 Å². The predicted octanol–water partition coefficient (Wildman–Crippen LogP) is 2.57. The molecular formula is C16H17ClN2O4. The van der Waals surface area contributed by atoms with Crippen LogP contribution in [0, 0.1) is 11.3 Å². The molecule has 0 radical (unpaired) electrons. The van der Waals surface area contributed by atoms with Crippen molar-refractivity contribution in [3.8, 4) is 6.07 Å². The standard InChI is InChI=1S/C16H17ClN2O4/c1-3-8-23-16(21)19(2)14(15(20)22-9-7-18)11-12-5-4-6-13(17)10-12/h3-6,10,14H,1,8-9,11H2,2H3/t14-/m0/s1. The van der Waals surface area contributed by atoms with Gasteiger partial charge in [0.15, 0.2) is 6.61 Å². The number of benzene rings is 1. The van der Waals surface area contributed by atoms with Crippen LogP contribution < -0.4 is 0 Å². The zero-order valence-corrected chi connectivity index (χ0v) is 13.5.